The molecule has 2 rings (SSSR count). The zero-order chi connectivity index (χ0) is 11.8. The molecule has 1 heterocycles. The van der Waals surface area contributed by atoms with E-state index in [0.717, 1.165) is 16.5 Å². The van der Waals surface area contributed by atoms with Crippen LogP contribution < -0.4 is 4.74 Å². The Labute approximate surface area is 100 Å². The quantitative estimate of drug-likeness (QED) is 0.696. The SMILES string of the molecule is CC(C)(C)Oc1ccc2c(Cl)nccc2c1. The minimum Gasteiger partial charge on any atom is -0.488 e. The number of ether oxygens (including phenoxy) is 1. The highest BCUT2D eigenvalue weighted by molar-refractivity contribution is 6.34. The van der Waals surface area contributed by atoms with E-state index in [-0.39, 0.29) is 5.60 Å². The first-order valence-corrected chi connectivity index (χ1v) is 5.57. The van der Waals surface area contributed by atoms with Crippen LogP contribution >= 0.6 is 11.6 Å². The first-order chi connectivity index (χ1) is 7.46. The summed E-state index contributed by atoms with van der Waals surface area (Å²) >= 11 is 5.99. The number of fused-ring (bicyclic) bond motifs is 1. The van der Waals surface area contributed by atoms with Gasteiger partial charge in [-0.05, 0) is 50.4 Å². The summed E-state index contributed by atoms with van der Waals surface area (Å²) in [5.41, 5.74) is -0.190. The Morgan fingerprint density at radius 1 is 1.19 bits per heavy atom. The Kier molecular flexibility index (Phi) is 2.76. The van der Waals surface area contributed by atoms with E-state index < -0.39 is 0 Å². The summed E-state index contributed by atoms with van der Waals surface area (Å²) in [5.74, 6) is 0.849. The molecule has 1 aromatic heterocycles. The monoisotopic (exact) mass is 235 g/mol. The van der Waals surface area contributed by atoms with Crippen LogP contribution in [0.1, 0.15) is 20.8 Å². The number of rotatable bonds is 1. The van der Waals surface area contributed by atoms with Gasteiger partial charge in [0.15, 0.2) is 0 Å². The van der Waals surface area contributed by atoms with E-state index in [1.807, 2.05) is 45.0 Å². The molecule has 0 saturated carbocycles. The van der Waals surface area contributed by atoms with Crippen LogP contribution in [-0.4, -0.2) is 10.6 Å². The van der Waals surface area contributed by atoms with Gasteiger partial charge in [-0.25, -0.2) is 4.98 Å². The van der Waals surface area contributed by atoms with Gasteiger partial charge >= 0.3 is 0 Å². The standard InChI is InChI=1S/C13H14ClNO/c1-13(2,3)16-10-4-5-11-9(8-10)6-7-15-12(11)14/h4-8H,1-3H3. The van der Waals surface area contributed by atoms with Crippen molar-refractivity contribution in [1.29, 1.82) is 0 Å². The van der Waals surface area contributed by atoms with Crippen molar-refractivity contribution in [2.75, 3.05) is 0 Å². The third-order valence-electron chi connectivity index (χ3n) is 2.11. The number of halogens is 1. The van der Waals surface area contributed by atoms with Crippen molar-refractivity contribution in [2.45, 2.75) is 26.4 Å². The summed E-state index contributed by atoms with van der Waals surface area (Å²) < 4.78 is 5.79. The molecule has 0 spiro atoms. The summed E-state index contributed by atoms with van der Waals surface area (Å²) in [7, 11) is 0. The Hall–Kier alpha value is -1.28. The number of hydrogen-bond acceptors (Lipinski definition) is 2. The molecule has 2 nitrogen and oxygen atoms in total. The highest BCUT2D eigenvalue weighted by atomic mass is 35.5. The summed E-state index contributed by atoms with van der Waals surface area (Å²) in [6, 6.07) is 7.76. The number of pyridine rings is 1. The van der Waals surface area contributed by atoms with Gasteiger partial charge in [-0.1, -0.05) is 11.6 Å². The highest BCUT2D eigenvalue weighted by Gasteiger charge is 2.12. The fourth-order valence-corrected chi connectivity index (χ4v) is 1.76. The van der Waals surface area contributed by atoms with Crippen LogP contribution in [0.25, 0.3) is 10.8 Å². The van der Waals surface area contributed by atoms with Gasteiger partial charge in [0.2, 0.25) is 0 Å². The molecular weight excluding hydrogens is 222 g/mol. The lowest BCUT2D eigenvalue weighted by molar-refractivity contribution is 0.131. The fourth-order valence-electron chi connectivity index (χ4n) is 1.54. The average Bonchev–Trinajstić information content (AvgIpc) is 2.15. The topological polar surface area (TPSA) is 22.1 Å². The molecule has 16 heavy (non-hydrogen) atoms. The molecule has 0 bridgehead atoms. The molecule has 2 aromatic rings. The van der Waals surface area contributed by atoms with Crippen LogP contribution in [0.5, 0.6) is 5.75 Å². The van der Waals surface area contributed by atoms with Gasteiger partial charge in [0.25, 0.3) is 0 Å². The van der Waals surface area contributed by atoms with Gasteiger partial charge in [-0.15, -0.1) is 0 Å². The van der Waals surface area contributed by atoms with Crippen molar-refractivity contribution in [3.05, 3.63) is 35.6 Å². The molecule has 0 unspecified atom stereocenters. The van der Waals surface area contributed by atoms with E-state index >= 15 is 0 Å². The summed E-state index contributed by atoms with van der Waals surface area (Å²) in [5, 5.41) is 2.52. The second kappa shape index (κ2) is 3.95. The van der Waals surface area contributed by atoms with E-state index in [9.17, 15) is 0 Å². The number of nitrogens with zero attached hydrogens (tertiary/aromatic N) is 1. The zero-order valence-electron chi connectivity index (χ0n) is 9.62. The van der Waals surface area contributed by atoms with Crippen LogP contribution in [0.2, 0.25) is 5.15 Å². The van der Waals surface area contributed by atoms with Crippen molar-refractivity contribution in [3.8, 4) is 5.75 Å². The van der Waals surface area contributed by atoms with Crippen LogP contribution in [0.15, 0.2) is 30.5 Å². The van der Waals surface area contributed by atoms with E-state index in [1.165, 1.54) is 0 Å². The predicted molar refractivity (Wildman–Crippen MR) is 67.1 cm³/mol. The fraction of sp³-hybridized carbons (Fsp3) is 0.308. The van der Waals surface area contributed by atoms with Crippen molar-refractivity contribution in [1.82, 2.24) is 4.98 Å². The van der Waals surface area contributed by atoms with E-state index in [4.69, 9.17) is 16.3 Å². The molecule has 0 saturated heterocycles. The molecule has 0 fully saturated rings. The Morgan fingerprint density at radius 2 is 1.94 bits per heavy atom. The Bertz CT molecular complexity index is 517. The largest absolute Gasteiger partial charge is 0.488 e. The molecule has 0 aliphatic heterocycles. The maximum Gasteiger partial charge on any atom is 0.136 e. The molecule has 0 aliphatic carbocycles. The number of aromatic nitrogens is 1. The van der Waals surface area contributed by atoms with Crippen LogP contribution in [0.4, 0.5) is 0 Å². The summed E-state index contributed by atoms with van der Waals surface area (Å²) in [6.07, 6.45) is 1.70. The van der Waals surface area contributed by atoms with Gasteiger partial charge < -0.3 is 4.74 Å². The first-order valence-electron chi connectivity index (χ1n) is 5.19. The Morgan fingerprint density at radius 3 is 2.62 bits per heavy atom. The van der Waals surface area contributed by atoms with Gasteiger partial charge in [0.05, 0.1) is 0 Å². The molecular formula is C13H14ClNO. The van der Waals surface area contributed by atoms with Gasteiger partial charge in [-0.3, -0.25) is 0 Å². The van der Waals surface area contributed by atoms with Gasteiger partial charge in [0.1, 0.15) is 16.5 Å². The highest BCUT2D eigenvalue weighted by Crippen LogP contribution is 2.27. The third-order valence-corrected chi connectivity index (χ3v) is 2.41. The van der Waals surface area contributed by atoms with Crippen LogP contribution in [0, 0.1) is 0 Å². The third kappa shape index (κ3) is 2.45. The molecule has 0 aliphatic rings. The molecule has 3 heteroatoms. The second-order valence-electron chi connectivity index (χ2n) is 4.70. The van der Waals surface area contributed by atoms with Crippen LogP contribution in [0.3, 0.4) is 0 Å². The average molecular weight is 236 g/mol. The summed E-state index contributed by atoms with van der Waals surface area (Å²) in [4.78, 5) is 4.04. The molecule has 0 atom stereocenters. The molecule has 0 amide bonds. The maximum absolute atomic E-state index is 5.99. The first kappa shape index (κ1) is 11.2. The van der Waals surface area contributed by atoms with Crippen molar-refractivity contribution in [2.24, 2.45) is 0 Å². The van der Waals surface area contributed by atoms with Crippen molar-refractivity contribution >= 4 is 22.4 Å². The molecule has 84 valence electrons. The second-order valence-corrected chi connectivity index (χ2v) is 5.06. The number of benzene rings is 1. The smallest absolute Gasteiger partial charge is 0.136 e. The van der Waals surface area contributed by atoms with Crippen molar-refractivity contribution in [3.63, 3.8) is 0 Å². The van der Waals surface area contributed by atoms with E-state index in [2.05, 4.69) is 4.98 Å². The van der Waals surface area contributed by atoms with E-state index in [0.29, 0.717) is 5.15 Å². The zero-order valence-corrected chi connectivity index (χ0v) is 10.4. The van der Waals surface area contributed by atoms with Crippen molar-refractivity contribution < 1.29 is 4.74 Å². The van der Waals surface area contributed by atoms with Crippen LogP contribution in [-0.2, 0) is 0 Å². The Balaban J connectivity index is 2.45. The van der Waals surface area contributed by atoms with Gasteiger partial charge in [0, 0.05) is 11.6 Å². The number of hydrogen-bond donors (Lipinski definition) is 0. The molecule has 0 radical (unpaired) electrons. The molecule has 0 N–H and O–H groups in total. The lowest BCUT2D eigenvalue weighted by Crippen LogP contribution is -2.22. The minimum atomic E-state index is -0.190. The minimum absolute atomic E-state index is 0.190. The lowest BCUT2D eigenvalue weighted by atomic mass is 10.1. The lowest BCUT2D eigenvalue weighted by Gasteiger charge is -2.21. The predicted octanol–water partition coefficient (Wildman–Crippen LogP) is 4.07. The maximum atomic E-state index is 5.99. The van der Waals surface area contributed by atoms with E-state index in [1.54, 1.807) is 6.20 Å². The summed E-state index contributed by atoms with van der Waals surface area (Å²) in [6.45, 7) is 6.07. The normalized spacial score (nSPS) is 11.8. The van der Waals surface area contributed by atoms with Gasteiger partial charge in [-0.2, -0.15) is 0 Å². The molecule has 1 aromatic carbocycles.